The van der Waals surface area contributed by atoms with Crippen LogP contribution in [-0.4, -0.2) is 24.6 Å². The van der Waals surface area contributed by atoms with Crippen molar-refractivity contribution < 1.29 is 4.74 Å². The topological polar surface area (TPSA) is 33.6 Å². The molecule has 3 nitrogen and oxygen atoms in total. The highest BCUT2D eigenvalue weighted by Gasteiger charge is 2.05. The molecule has 1 aromatic carbocycles. The maximum atomic E-state index is 5.18. The average molecular weight is 236 g/mol. The Kier molecular flexibility index (Phi) is 4.10. The quantitative estimate of drug-likeness (QED) is 0.874. The van der Waals surface area contributed by atoms with Gasteiger partial charge in [-0.25, -0.2) is 0 Å². The van der Waals surface area contributed by atoms with E-state index in [0.29, 0.717) is 0 Å². The normalized spacial score (nSPS) is 15.4. The molecule has 0 bridgehead atoms. The number of thioether (sulfide) groups is 1. The molecule has 0 spiro atoms. The van der Waals surface area contributed by atoms with Gasteiger partial charge in [0.15, 0.2) is 5.17 Å². The number of amidine groups is 1. The van der Waals surface area contributed by atoms with Crippen LogP contribution in [0.4, 0.5) is 0 Å². The summed E-state index contributed by atoms with van der Waals surface area (Å²) in [5.74, 6) is 2.07. The van der Waals surface area contributed by atoms with E-state index in [-0.39, 0.29) is 0 Å². The Morgan fingerprint density at radius 1 is 1.50 bits per heavy atom. The van der Waals surface area contributed by atoms with Gasteiger partial charge in [0.1, 0.15) is 5.75 Å². The summed E-state index contributed by atoms with van der Waals surface area (Å²) in [7, 11) is 1.69. The standard InChI is InChI=1S/C12H16N2OS/c1-15-11-5-2-4-10(8-11)9-14-12-13-6-3-7-16-12/h2,4-5,8H,3,6-7,9H2,1H3,(H,13,14). The molecular weight excluding hydrogens is 220 g/mol. The van der Waals surface area contributed by atoms with Crippen LogP contribution in [0.1, 0.15) is 12.0 Å². The van der Waals surface area contributed by atoms with Gasteiger partial charge in [0.05, 0.1) is 7.11 Å². The molecule has 0 radical (unpaired) electrons. The van der Waals surface area contributed by atoms with Gasteiger partial charge < -0.3 is 10.1 Å². The van der Waals surface area contributed by atoms with Crippen LogP contribution in [0.5, 0.6) is 5.75 Å². The lowest BCUT2D eigenvalue weighted by Gasteiger charge is -2.13. The number of rotatable bonds is 3. The van der Waals surface area contributed by atoms with Gasteiger partial charge in [-0.2, -0.15) is 0 Å². The first kappa shape index (κ1) is 11.3. The third kappa shape index (κ3) is 3.17. The van der Waals surface area contributed by atoms with Gasteiger partial charge in [-0.15, -0.1) is 0 Å². The molecule has 1 aliphatic rings. The fourth-order valence-electron chi connectivity index (χ4n) is 1.53. The number of aliphatic imine (C=N–C) groups is 1. The smallest absolute Gasteiger partial charge is 0.156 e. The lowest BCUT2D eigenvalue weighted by molar-refractivity contribution is 0.414. The van der Waals surface area contributed by atoms with Gasteiger partial charge in [0.25, 0.3) is 0 Å². The highest BCUT2D eigenvalue weighted by atomic mass is 32.2. The number of hydrogen-bond acceptors (Lipinski definition) is 4. The van der Waals surface area contributed by atoms with Crippen molar-refractivity contribution in [1.82, 2.24) is 5.32 Å². The van der Waals surface area contributed by atoms with Crippen LogP contribution < -0.4 is 10.1 Å². The Bertz CT molecular complexity index is 379. The first-order chi connectivity index (χ1) is 7.88. The highest BCUT2D eigenvalue weighted by molar-refractivity contribution is 8.13. The van der Waals surface area contributed by atoms with Crippen molar-refractivity contribution in [1.29, 1.82) is 0 Å². The second kappa shape index (κ2) is 5.80. The second-order valence-corrected chi connectivity index (χ2v) is 4.68. The summed E-state index contributed by atoms with van der Waals surface area (Å²) in [5.41, 5.74) is 1.22. The molecule has 0 atom stereocenters. The van der Waals surface area contributed by atoms with Gasteiger partial charge in [-0.1, -0.05) is 23.9 Å². The van der Waals surface area contributed by atoms with Gasteiger partial charge in [-0.05, 0) is 24.1 Å². The van der Waals surface area contributed by atoms with Crippen LogP contribution in [0, 0.1) is 0 Å². The molecule has 0 aromatic heterocycles. The number of nitrogens with one attached hydrogen (secondary N) is 1. The summed E-state index contributed by atoms with van der Waals surface area (Å²) in [6, 6.07) is 8.09. The number of nitrogens with zero attached hydrogens (tertiary/aromatic N) is 1. The van der Waals surface area contributed by atoms with Crippen molar-refractivity contribution in [2.24, 2.45) is 4.99 Å². The monoisotopic (exact) mass is 236 g/mol. The zero-order valence-corrected chi connectivity index (χ0v) is 10.2. The molecule has 4 heteroatoms. The fraction of sp³-hybridized carbons (Fsp3) is 0.417. The van der Waals surface area contributed by atoms with E-state index >= 15 is 0 Å². The van der Waals surface area contributed by atoms with Crippen molar-refractivity contribution in [3.63, 3.8) is 0 Å². The highest BCUT2D eigenvalue weighted by Crippen LogP contribution is 2.14. The van der Waals surface area contributed by atoms with E-state index in [0.717, 1.165) is 24.0 Å². The first-order valence-electron chi connectivity index (χ1n) is 5.42. The molecular formula is C12H16N2OS. The van der Waals surface area contributed by atoms with Gasteiger partial charge in [-0.3, -0.25) is 4.99 Å². The summed E-state index contributed by atoms with van der Waals surface area (Å²) in [5, 5.41) is 4.41. The SMILES string of the molecule is COc1cccc(CNC2=NCCCS2)c1. The lowest BCUT2D eigenvalue weighted by atomic mass is 10.2. The number of hydrogen-bond donors (Lipinski definition) is 1. The molecule has 2 rings (SSSR count). The maximum absolute atomic E-state index is 5.18. The van der Waals surface area contributed by atoms with E-state index in [1.165, 1.54) is 17.7 Å². The van der Waals surface area contributed by atoms with Crippen LogP contribution in [-0.2, 0) is 6.54 Å². The predicted molar refractivity (Wildman–Crippen MR) is 69.2 cm³/mol. The van der Waals surface area contributed by atoms with Crippen LogP contribution >= 0.6 is 11.8 Å². The molecule has 16 heavy (non-hydrogen) atoms. The number of benzene rings is 1. The van der Waals surface area contributed by atoms with E-state index < -0.39 is 0 Å². The summed E-state index contributed by atoms with van der Waals surface area (Å²) in [6.45, 7) is 1.76. The molecule has 1 aromatic rings. The summed E-state index contributed by atoms with van der Waals surface area (Å²) < 4.78 is 5.18. The minimum absolute atomic E-state index is 0.809. The van der Waals surface area contributed by atoms with Crippen LogP contribution in [0.15, 0.2) is 29.3 Å². The summed E-state index contributed by atoms with van der Waals surface area (Å²) in [4.78, 5) is 4.42. The van der Waals surface area contributed by atoms with Crippen molar-refractivity contribution >= 4 is 16.9 Å². The van der Waals surface area contributed by atoms with Crippen molar-refractivity contribution in [3.8, 4) is 5.75 Å². The van der Waals surface area contributed by atoms with E-state index in [9.17, 15) is 0 Å². The molecule has 0 saturated carbocycles. The van der Waals surface area contributed by atoms with Gasteiger partial charge >= 0.3 is 0 Å². The Morgan fingerprint density at radius 2 is 2.44 bits per heavy atom. The average Bonchev–Trinajstić information content (AvgIpc) is 2.38. The zero-order valence-electron chi connectivity index (χ0n) is 9.40. The molecule has 1 aliphatic heterocycles. The molecule has 0 unspecified atom stereocenters. The minimum atomic E-state index is 0.809. The Labute approximate surface area is 100 Å². The minimum Gasteiger partial charge on any atom is -0.497 e. The van der Waals surface area contributed by atoms with Crippen LogP contribution in [0.25, 0.3) is 0 Å². The second-order valence-electron chi connectivity index (χ2n) is 3.59. The van der Waals surface area contributed by atoms with Crippen molar-refractivity contribution in [3.05, 3.63) is 29.8 Å². The Balaban J connectivity index is 1.91. The molecule has 0 fully saturated rings. The van der Waals surface area contributed by atoms with Crippen LogP contribution in [0.2, 0.25) is 0 Å². The van der Waals surface area contributed by atoms with E-state index in [1.54, 1.807) is 18.9 Å². The summed E-state index contributed by atoms with van der Waals surface area (Å²) >= 11 is 1.80. The van der Waals surface area contributed by atoms with Gasteiger partial charge in [0, 0.05) is 18.8 Å². The van der Waals surface area contributed by atoms with E-state index in [1.807, 2.05) is 18.2 Å². The maximum Gasteiger partial charge on any atom is 0.156 e. The van der Waals surface area contributed by atoms with Crippen molar-refractivity contribution in [2.75, 3.05) is 19.4 Å². The number of ether oxygens (including phenoxy) is 1. The van der Waals surface area contributed by atoms with Crippen molar-refractivity contribution in [2.45, 2.75) is 13.0 Å². The Morgan fingerprint density at radius 3 is 3.19 bits per heavy atom. The van der Waals surface area contributed by atoms with E-state index in [2.05, 4.69) is 16.4 Å². The number of methoxy groups -OCH3 is 1. The third-order valence-electron chi connectivity index (χ3n) is 2.37. The zero-order chi connectivity index (χ0) is 11.2. The van der Waals surface area contributed by atoms with E-state index in [4.69, 9.17) is 4.74 Å². The van der Waals surface area contributed by atoms with Gasteiger partial charge in [0.2, 0.25) is 0 Å². The molecule has 0 amide bonds. The van der Waals surface area contributed by atoms with Crippen LogP contribution in [0.3, 0.4) is 0 Å². The largest absolute Gasteiger partial charge is 0.497 e. The molecule has 1 heterocycles. The molecule has 0 saturated heterocycles. The Hall–Kier alpha value is -1.16. The molecule has 86 valence electrons. The third-order valence-corrected chi connectivity index (χ3v) is 3.41. The molecule has 0 aliphatic carbocycles. The summed E-state index contributed by atoms with van der Waals surface area (Å²) in [6.07, 6.45) is 1.19. The first-order valence-corrected chi connectivity index (χ1v) is 6.41. The fourth-order valence-corrected chi connectivity index (χ4v) is 2.35. The molecule has 1 N–H and O–H groups in total. The lowest BCUT2D eigenvalue weighted by Crippen LogP contribution is -2.22. The predicted octanol–water partition coefficient (Wildman–Crippen LogP) is 2.28.